The number of hydrogen-bond donors (Lipinski definition) is 1. The van der Waals surface area contributed by atoms with Crippen molar-refractivity contribution in [1.29, 1.82) is 0 Å². The van der Waals surface area contributed by atoms with Crippen LogP contribution in [0.1, 0.15) is 29.8 Å². The molecule has 23 heavy (non-hydrogen) atoms. The third-order valence-electron chi connectivity index (χ3n) is 3.04. The summed E-state index contributed by atoms with van der Waals surface area (Å²) in [4.78, 5) is 21.3. The highest BCUT2D eigenvalue weighted by Gasteiger charge is 2.18. The minimum atomic E-state index is -0.159. The first-order valence-electron chi connectivity index (χ1n) is 7.06. The molecule has 1 N–H and O–H groups in total. The number of thioether (sulfide) groups is 1. The van der Waals surface area contributed by atoms with Crippen LogP contribution >= 0.6 is 35.0 Å². The van der Waals surface area contributed by atoms with Crippen molar-refractivity contribution >= 4 is 46.6 Å². The molecule has 0 aliphatic rings. The van der Waals surface area contributed by atoms with Crippen molar-refractivity contribution in [2.45, 2.75) is 31.5 Å². The number of benzene rings is 1. The van der Waals surface area contributed by atoms with Crippen LogP contribution in [0.4, 0.5) is 5.82 Å². The second-order valence-electron chi connectivity index (χ2n) is 5.23. The number of rotatable bonds is 6. The second-order valence-corrected chi connectivity index (χ2v) is 6.81. The molecule has 1 aromatic carbocycles. The minimum absolute atomic E-state index is 0.132. The largest absolute Gasteiger partial charge is 0.368 e. The molecule has 0 spiro atoms. The highest BCUT2D eigenvalue weighted by atomic mass is 35.5. The fraction of sp³-hybridized carbons (Fsp3) is 0.312. The maximum absolute atomic E-state index is 12.6. The molecule has 7 heteroatoms. The Labute approximate surface area is 150 Å². The Balaban J connectivity index is 2.33. The monoisotopic (exact) mass is 369 g/mol. The van der Waals surface area contributed by atoms with Gasteiger partial charge in [-0.05, 0) is 32.2 Å². The number of carbonyl (C=O) groups excluding carboxylic acids is 1. The maximum atomic E-state index is 12.6. The molecule has 2 aromatic rings. The molecule has 2 rings (SSSR count). The smallest absolute Gasteiger partial charge is 0.189 e. The lowest BCUT2D eigenvalue weighted by molar-refractivity contribution is 0.0993. The van der Waals surface area contributed by atoms with Gasteiger partial charge in [-0.3, -0.25) is 4.79 Å². The van der Waals surface area contributed by atoms with Gasteiger partial charge in [0.2, 0.25) is 0 Å². The molecular formula is C16H17Cl2N3OS. The number of Topliss-reactive ketones (excluding diaryl/α,β-unsaturated/α-hetero) is 1. The summed E-state index contributed by atoms with van der Waals surface area (Å²) >= 11 is 13.7. The summed E-state index contributed by atoms with van der Waals surface area (Å²) in [6, 6.07) is 5.21. The van der Waals surface area contributed by atoms with E-state index in [9.17, 15) is 4.79 Å². The zero-order chi connectivity index (χ0) is 17.0. The predicted molar refractivity (Wildman–Crippen MR) is 97.1 cm³/mol. The number of halogens is 2. The molecule has 0 radical (unpaired) electrons. The van der Waals surface area contributed by atoms with Crippen LogP contribution in [-0.2, 0) is 6.42 Å². The normalized spacial score (nSPS) is 10.9. The molecule has 1 aromatic heterocycles. The number of carbonyl (C=O) groups is 1. The van der Waals surface area contributed by atoms with Crippen molar-refractivity contribution in [3.63, 3.8) is 0 Å². The summed E-state index contributed by atoms with van der Waals surface area (Å²) in [7, 11) is 0. The van der Waals surface area contributed by atoms with Gasteiger partial charge in [-0.25, -0.2) is 9.97 Å². The van der Waals surface area contributed by atoms with Gasteiger partial charge in [-0.2, -0.15) is 0 Å². The van der Waals surface area contributed by atoms with E-state index in [1.54, 1.807) is 24.4 Å². The van der Waals surface area contributed by atoms with Crippen molar-refractivity contribution in [3.05, 3.63) is 45.6 Å². The van der Waals surface area contributed by atoms with E-state index in [1.165, 1.54) is 11.8 Å². The van der Waals surface area contributed by atoms with E-state index in [1.807, 2.05) is 20.1 Å². The number of aromatic nitrogens is 2. The lowest BCUT2D eigenvalue weighted by Gasteiger charge is -2.14. The van der Waals surface area contributed by atoms with Gasteiger partial charge < -0.3 is 5.32 Å². The van der Waals surface area contributed by atoms with Crippen LogP contribution in [0.25, 0.3) is 0 Å². The highest BCUT2D eigenvalue weighted by Crippen LogP contribution is 2.27. The standard InChI is InChI=1S/C16H17Cl2N3OS/c1-9(2)20-15-10(8-19-16(21-15)23-3)7-13(22)14-11(17)5-4-6-12(14)18/h4-6,8-9H,7H2,1-3H3,(H,19,20,21). The second kappa shape index (κ2) is 7.99. The Bertz CT molecular complexity index is 702. The lowest BCUT2D eigenvalue weighted by atomic mass is 10.0. The van der Waals surface area contributed by atoms with E-state index in [-0.39, 0.29) is 18.2 Å². The summed E-state index contributed by atoms with van der Waals surface area (Å²) in [5.74, 6) is 0.504. The van der Waals surface area contributed by atoms with Gasteiger partial charge in [0.1, 0.15) is 5.82 Å². The van der Waals surface area contributed by atoms with Gasteiger partial charge in [0.05, 0.1) is 15.6 Å². The van der Waals surface area contributed by atoms with E-state index in [2.05, 4.69) is 15.3 Å². The average molecular weight is 370 g/mol. The molecule has 0 saturated heterocycles. The fourth-order valence-corrected chi connectivity index (χ4v) is 2.99. The Kier molecular flexibility index (Phi) is 6.27. The van der Waals surface area contributed by atoms with Crippen LogP contribution in [0.15, 0.2) is 29.6 Å². The maximum Gasteiger partial charge on any atom is 0.189 e. The van der Waals surface area contributed by atoms with E-state index >= 15 is 0 Å². The molecule has 0 aliphatic carbocycles. The van der Waals surface area contributed by atoms with Gasteiger partial charge in [0.15, 0.2) is 10.9 Å². The van der Waals surface area contributed by atoms with Gasteiger partial charge in [-0.1, -0.05) is 41.0 Å². The number of nitrogens with zero attached hydrogens (tertiary/aromatic N) is 2. The fourth-order valence-electron chi connectivity index (χ4n) is 2.04. The Hall–Kier alpha value is -1.30. The van der Waals surface area contributed by atoms with Crippen LogP contribution in [0.5, 0.6) is 0 Å². The summed E-state index contributed by atoms with van der Waals surface area (Å²) in [6.07, 6.45) is 3.71. The molecule has 0 bridgehead atoms. The van der Waals surface area contributed by atoms with Gasteiger partial charge >= 0.3 is 0 Å². The van der Waals surface area contributed by atoms with Gasteiger partial charge in [0, 0.05) is 24.2 Å². The zero-order valence-electron chi connectivity index (χ0n) is 13.1. The number of ketones is 1. The molecule has 1 heterocycles. The zero-order valence-corrected chi connectivity index (χ0v) is 15.4. The van der Waals surface area contributed by atoms with E-state index in [0.29, 0.717) is 26.6 Å². The quantitative estimate of drug-likeness (QED) is 0.452. The summed E-state index contributed by atoms with van der Waals surface area (Å²) in [6.45, 7) is 4.02. The molecule has 0 unspecified atom stereocenters. The van der Waals surface area contributed by atoms with Crippen molar-refractivity contribution in [2.75, 3.05) is 11.6 Å². The van der Waals surface area contributed by atoms with E-state index in [0.717, 1.165) is 5.56 Å². The average Bonchev–Trinajstić information content (AvgIpc) is 2.48. The third-order valence-corrected chi connectivity index (χ3v) is 4.23. The van der Waals surface area contributed by atoms with E-state index < -0.39 is 0 Å². The molecular weight excluding hydrogens is 353 g/mol. The van der Waals surface area contributed by atoms with Crippen molar-refractivity contribution in [2.24, 2.45) is 0 Å². The molecule has 4 nitrogen and oxygen atoms in total. The van der Waals surface area contributed by atoms with Crippen LogP contribution in [0, 0.1) is 0 Å². The lowest BCUT2D eigenvalue weighted by Crippen LogP contribution is -2.16. The molecule has 0 fully saturated rings. The Morgan fingerprint density at radius 1 is 1.30 bits per heavy atom. The van der Waals surface area contributed by atoms with Gasteiger partial charge in [0.25, 0.3) is 0 Å². The Morgan fingerprint density at radius 3 is 2.52 bits per heavy atom. The summed E-state index contributed by atoms with van der Waals surface area (Å²) in [5, 5.41) is 4.60. The minimum Gasteiger partial charge on any atom is -0.368 e. The number of hydrogen-bond acceptors (Lipinski definition) is 5. The first kappa shape index (κ1) is 18.0. The molecule has 0 amide bonds. The molecule has 0 atom stereocenters. The first-order chi connectivity index (χ1) is 10.9. The van der Waals surface area contributed by atoms with Gasteiger partial charge in [-0.15, -0.1) is 0 Å². The topological polar surface area (TPSA) is 54.9 Å². The van der Waals surface area contributed by atoms with Crippen LogP contribution < -0.4 is 5.32 Å². The molecule has 0 saturated carbocycles. The van der Waals surface area contributed by atoms with Crippen molar-refractivity contribution < 1.29 is 4.79 Å². The van der Waals surface area contributed by atoms with Crippen molar-refractivity contribution in [3.8, 4) is 0 Å². The molecule has 0 aliphatic heterocycles. The first-order valence-corrected chi connectivity index (χ1v) is 9.04. The summed E-state index contributed by atoms with van der Waals surface area (Å²) in [5.41, 5.74) is 1.05. The Morgan fingerprint density at radius 2 is 1.96 bits per heavy atom. The highest BCUT2D eigenvalue weighted by molar-refractivity contribution is 7.98. The predicted octanol–water partition coefficient (Wildman–Crippen LogP) is 4.75. The van der Waals surface area contributed by atoms with Crippen molar-refractivity contribution in [1.82, 2.24) is 9.97 Å². The summed E-state index contributed by atoms with van der Waals surface area (Å²) < 4.78 is 0. The molecule has 122 valence electrons. The van der Waals surface area contributed by atoms with E-state index in [4.69, 9.17) is 23.2 Å². The third kappa shape index (κ3) is 4.59. The number of anilines is 1. The SMILES string of the molecule is CSc1ncc(CC(=O)c2c(Cl)cccc2Cl)c(NC(C)C)n1. The number of nitrogens with one attached hydrogen (secondary N) is 1. The van der Waals surface area contributed by atoms with Crippen LogP contribution in [0.2, 0.25) is 10.0 Å². The van der Waals surface area contributed by atoms with Crippen LogP contribution in [-0.4, -0.2) is 28.0 Å². The van der Waals surface area contributed by atoms with Crippen LogP contribution in [0.3, 0.4) is 0 Å².